The van der Waals surface area contributed by atoms with Crippen LogP contribution in [0, 0.1) is 0 Å². The minimum absolute atomic E-state index is 0.0481. The Bertz CT molecular complexity index is 759. The highest BCUT2D eigenvalue weighted by atomic mass is 35.5. The first-order valence-corrected chi connectivity index (χ1v) is 6.92. The number of hydrogen-bond donors (Lipinski definition) is 0. The van der Waals surface area contributed by atoms with Crippen LogP contribution in [-0.4, -0.2) is 46.7 Å². The van der Waals surface area contributed by atoms with E-state index < -0.39 is 0 Å². The van der Waals surface area contributed by atoms with E-state index in [0.717, 1.165) is 0 Å². The number of aromatic nitrogens is 2. The van der Waals surface area contributed by atoms with E-state index in [9.17, 15) is 9.59 Å². The van der Waals surface area contributed by atoms with Crippen LogP contribution in [0.1, 0.15) is 0 Å². The van der Waals surface area contributed by atoms with Crippen LogP contribution in [0.25, 0.3) is 10.9 Å². The second kappa shape index (κ2) is 5.46. The van der Waals surface area contributed by atoms with Gasteiger partial charge in [-0.05, 0) is 18.2 Å². The Labute approximate surface area is 125 Å². The monoisotopic (exact) mass is 307 g/mol. The molecule has 0 bridgehead atoms. The average molecular weight is 308 g/mol. The number of likely N-dealkylation sites (N-methyl/N-ethyl adjacent to an activating group) is 1. The lowest BCUT2D eigenvalue weighted by Crippen LogP contribution is -2.46. The van der Waals surface area contributed by atoms with Gasteiger partial charge in [0.2, 0.25) is 5.91 Å². The van der Waals surface area contributed by atoms with Crippen LogP contribution in [0.3, 0.4) is 0 Å². The molecule has 2 aromatic rings. The first kappa shape index (κ1) is 14.0. The van der Waals surface area contributed by atoms with Crippen molar-refractivity contribution < 1.29 is 9.53 Å². The summed E-state index contributed by atoms with van der Waals surface area (Å²) in [6.45, 7) is 0.873. The van der Waals surface area contributed by atoms with Crippen molar-refractivity contribution in [2.75, 3.05) is 20.2 Å². The SMILES string of the molecule is CN1C[C@@H](Cn2cnc3cc(Cl)ccc3c2=O)OCC1=O. The smallest absolute Gasteiger partial charge is 0.261 e. The first-order valence-electron chi connectivity index (χ1n) is 6.55. The van der Waals surface area contributed by atoms with Crippen molar-refractivity contribution in [3.05, 3.63) is 39.9 Å². The fourth-order valence-electron chi connectivity index (χ4n) is 2.35. The summed E-state index contributed by atoms with van der Waals surface area (Å²) in [5.41, 5.74) is 0.431. The van der Waals surface area contributed by atoms with Crippen LogP contribution in [0.4, 0.5) is 0 Å². The number of ether oxygens (including phenoxy) is 1. The lowest BCUT2D eigenvalue weighted by molar-refractivity contribution is -0.147. The summed E-state index contributed by atoms with van der Waals surface area (Å²) in [6, 6.07) is 4.99. The summed E-state index contributed by atoms with van der Waals surface area (Å²) in [4.78, 5) is 29.6. The molecule has 0 spiro atoms. The number of morpholine rings is 1. The number of halogens is 1. The van der Waals surface area contributed by atoms with Gasteiger partial charge in [0.05, 0.1) is 29.9 Å². The molecule has 1 aromatic heterocycles. The molecule has 1 aliphatic heterocycles. The van der Waals surface area contributed by atoms with Gasteiger partial charge < -0.3 is 9.64 Å². The summed E-state index contributed by atoms with van der Waals surface area (Å²) >= 11 is 5.89. The molecular weight excluding hydrogens is 294 g/mol. The van der Waals surface area contributed by atoms with E-state index in [2.05, 4.69) is 4.98 Å². The van der Waals surface area contributed by atoms with Gasteiger partial charge in [0.25, 0.3) is 5.56 Å². The largest absolute Gasteiger partial charge is 0.365 e. The third-order valence-electron chi connectivity index (χ3n) is 3.53. The van der Waals surface area contributed by atoms with Crippen molar-refractivity contribution >= 4 is 28.4 Å². The van der Waals surface area contributed by atoms with Crippen LogP contribution < -0.4 is 5.56 Å². The van der Waals surface area contributed by atoms with Crippen LogP contribution in [-0.2, 0) is 16.1 Å². The van der Waals surface area contributed by atoms with Gasteiger partial charge in [0, 0.05) is 18.6 Å². The highest BCUT2D eigenvalue weighted by Gasteiger charge is 2.24. The summed E-state index contributed by atoms with van der Waals surface area (Å²) < 4.78 is 6.96. The molecule has 1 saturated heterocycles. The number of fused-ring (bicyclic) bond motifs is 1. The Hall–Kier alpha value is -1.92. The molecule has 110 valence electrons. The number of hydrogen-bond acceptors (Lipinski definition) is 4. The third-order valence-corrected chi connectivity index (χ3v) is 3.77. The van der Waals surface area contributed by atoms with E-state index in [0.29, 0.717) is 29.0 Å². The average Bonchev–Trinajstić information content (AvgIpc) is 2.46. The number of benzene rings is 1. The van der Waals surface area contributed by atoms with E-state index >= 15 is 0 Å². The zero-order valence-corrected chi connectivity index (χ0v) is 12.2. The van der Waals surface area contributed by atoms with Crippen molar-refractivity contribution in [1.29, 1.82) is 0 Å². The molecule has 1 aliphatic rings. The van der Waals surface area contributed by atoms with Crippen LogP contribution >= 0.6 is 11.6 Å². The summed E-state index contributed by atoms with van der Waals surface area (Å²) in [5, 5.41) is 1.06. The van der Waals surface area contributed by atoms with Crippen LogP contribution in [0.5, 0.6) is 0 Å². The van der Waals surface area contributed by atoms with Gasteiger partial charge in [-0.25, -0.2) is 4.98 Å². The molecule has 3 rings (SSSR count). The standard InChI is InChI=1S/C14H14ClN3O3/c1-17-5-10(21-7-13(17)19)6-18-8-16-12-4-9(15)2-3-11(12)14(18)20/h2-4,8,10H,5-7H2,1H3/t10-/m0/s1. The van der Waals surface area contributed by atoms with Crippen LogP contribution in [0.2, 0.25) is 5.02 Å². The molecule has 7 heteroatoms. The summed E-state index contributed by atoms with van der Waals surface area (Å²) in [7, 11) is 1.72. The molecule has 0 unspecified atom stereocenters. The normalized spacial score (nSPS) is 19.2. The third kappa shape index (κ3) is 2.77. The Morgan fingerprint density at radius 3 is 3.00 bits per heavy atom. The maximum Gasteiger partial charge on any atom is 0.261 e. The molecule has 1 atom stereocenters. The van der Waals surface area contributed by atoms with E-state index in [-0.39, 0.29) is 24.2 Å². The molecule has 6 nitrogen and oxygen atoms in total. The van der Waals surface area contributed by atoms with E-state index in [1.807, 2.05) is 0 Å². The Morgan fingerprint density at radius 2 is 2.24 bits per heavy atom. The van der Waals surface area contributed by atoms with Crippen LogP contribution in [0.15, 0.2) is 29.3 Å². The molecule has 1 aromatic carbocycles. The van der Waals surface area contributed by atoms with Gasteiger partial charge in [0.15, 0.2) is 0 Å². The predicted octanol–water partition coefficient (Wildman–Crippen LogP) is 0.907. The van der Waals surface area contributed by atoms with Crippen molar-refractivity contribution in [3.8, 4) is 0 Å². The molecule has 21 heavy (non-hydrogen) atoms. The fraction of sp³-hybridized carbons (Fsp3) is 0.357. The van der Waals surface area contributed by atoms with Crippen molar-refractivity contribution in [1.82, 2.24) is 14.5 Å². The Kier molecular flexibility index (Phi) is 3.65. The zero-order valence-electron chi connectivity index (χ0n) is 11.5. The molecule has 1 amide bonds. The minimum atomic E-state index is -0.211. The van der Waals surface area contributed by atoms with Crippen molar-refractivity contribution in [2.24, 2.45) is 0 Å². The van der Waals surface area contributed by atoms with E-state index in [4.69, 9.17) is 16.3 Å². The van der Waals surface area contributed by atoms with Gasteiger partial charge in [-0.15, -0.1) is 0 Å². The van der Waals surface area contributed by atoms with Gasteiger partial charge in [-0.1, -0.05) is 11.6 Å². The van der Waals surface area contributed by atoms with Gasteiger partial charge in [-0.2, -0.15) is 0 Å². The lowest BCUT2D eigenvalue weighted by Gasteiger charge is -2.30. The summed E-state index contributed by atoms with van der Waals surface area (Å²) in [6.07, 6.45) is 1.28. The number of rotatable bonds is 2. The molecule has 0 aliphatic carbocycles. The van der Waals surface area contributed by atoms with E-state index in [1.54, 1.807) is 30.1 Å². The quantitative estimate of drug-likeness (QED) is 0.827. The Balaban J connectivity index is 1.88. The van der Waals surface area contributed by atoms with E-state index in [1.165, 1.54) is 10.9 Å². The maximum atomic E-state index is 12.4. The lowest BCUT2D eigenvalue weighted by atomic mass is 10.2. The maximum absolute atomic E-state index is 12.4. The molecule has 2 heterocycles. The zero-order chi connectivity index (χ0) is 15.0. The first-order chi connectivity index (χ1) is 10.0. The van der Waals surface area contributed by atoms with Gasteiger partial charge >= 0.3 is 0 Å². The summed E-state index contributed by atoms with van der Waals surface area (Å²) in [5.74, 6) is -0.0510. The second-order valence-electron chi connectivity index (χ2n) is 5.07. The number of amides is 1. The van der Waals surface area contributed by atoms with Crippen molar-refractivity contribution in [2.45, 2.75) is 12.6 Å². The molecule has 0 radical (unpaired) electrons. The van der Waals surface area contributed by atoms with Gasteiger partial charge in [-0.3, -0.25) is 14.2 Å². The highest BCUT2D eigenvalue weighted by molar-refractivity contribution is 6.31. The predicted molar refractivity (Wildman–Crippen MR) is 78.4 cm³/mol. The number of nitrogens with zero attached hydrogens (tertiary/aromatic N) is 3. The fourth-order valence-corrected chi connectivity index (χ4v) is 2.52. The number of carbonyl (C=O) groups excluding carboxylic acids is 1. The second-order valence-corrected chi connectivity index (χ2v) is 5.51. The highest BCUT2D eigenvalue weighted by Crippen LogP contribution is 2.14. The Morgan fingerprint density at radius 1 is 1.43 bits per heavy atom. The molecule has 1 fully saturated rings. The number of carbonyl (C=O) groups is 1. The molecular formula is C14H14ClN3O3. The topological polar surface area (TPSA) is 64.4 Å². The van der Waals surface area contributed by atoms with Gasteiger partial charge in [0.1, 0.15) is 6.61 Å². The van der Waals surface area contributed by atoms with Crippen molar-refractivity contribution in [3.63, 3.8) is 0 Å². The molecule has 0 saturated carbocycles. The minimum Gasteiger partial charge on any atom is -0.365 e. The molecule has 0 N–H and O–H groups in total.